The number of halogens is 9. The smallest absolute Gasteiger partial charge is 0.308 e. The van der Waals surface area contributed by atoms with Gasteiger partial charge in [-0.1, -0.05) is 134 Å². The number of para-hydroxylation sites is 2. The zero-order valence-electron chi connectivity index (χ0n) is 37.4. The summed E-state index contributed by atoms with van der Waals surface area (Å²) < 4.78 is 134. The number of alkyl halides is 9. The molecule has 0 saturated carbocycles. The second-order valence-electron chi connectivity index (χ2n) is 18.0. The molecular formula is C60H34F9N3. The highest BCUT2D eigenvalue weighted by atomic mass is 19.4. The standard InChI is InChI=1S/C60H34F9N3/c61-58(62,63)39-25-17-36(18-26-39)51-46(33-70)52(37-19-27-40(28-20-37)59(64,65)66)57(72-48-16-8-6-14-45(48)55-43-12-4-2-10-35(43)24-32-50(55)72)53(38-21-29-41(30-22-38)60(67,68)69)56(51)71-47-15-7-5-13-44(47)54-42-11-3-1-9-34(42)23-31-49(54)71/h1-32,34,42H. The summed E-state index contributed by atoms with van der Waals surface area (Å²) in [5, 5.41) is 16.0. The second-order valence-corrected chi connectivity index (χ2v) is 18.0. The molecule has 0 fully saturated rings. The number of hydrogen-bond donors (Lipinski definition) is 0. The third kappa shape index (κ3) is 6.97. The van der Waals surface area contributed by atoms with Gasteiger partial charge >= 0.3 is 18.5 Å². The van der Waals surface area contributed by atoms with Crippen molar-refractivity contribution in [3.8, 4) is 50.8 Å². The Kier molecular flexibility index (Phi) is 10.1. The summed E-state index contributed by atoms with van der Waals surface area (Å²) in [5.41, 5.74) is 1.82. The van der Waals surface area contributed by atoms with Gasteiger partial charge in [0.25, 0.3) is 0 Å². The number of hydrogen-bond acceptors (Lipinski definition) is 1. The summed E-state index contributed by atoms with van der Waals surface area (Å²) in [6.07, 6.45) is -2.19. The van der Waals surface area contributed by atoms with Crippen LogP contribution in [0.25, 0.3) is 94.3 Å². The lowest BCUT2D eigenvalue weighted by molar-refractivity contribution is -0.138. The van der Waals surface area contributed by atoms with E-state index in [9.17, 15) is 44.8 Å². The molecular weight excluding hydrogens is 934 g/mol. The maximum absolute atomic E-state index is 14.6. The molecule has 352 valence electrons. The van der Waals surface area contributed by atoms with Crippen LogP contribution in [0.1, 0.15) is 39.4 Å². The van der Waals surface area contributed by atoms with Crippen LogP contribution in [-0.2, 0) is 18.5 Å². The molecule has 2 heterocycles. The molecule has 0 aliphatic heterocycles. The van der Waals surface area contributed by atoms with Crippen molar-refractivity contribution in [3.63, 3.8) is 0 Å². The number of allylic oxidation sites excluding steroid dienone is 5. The van der Waals surface area contributed by atoms with E-state index in [1.54, 1.807) is 0 Å². The van der Waals surface area contributed by atoms with Crippen LogP contribution in [-0.4, -0.2) is 9.13 Å². The van der Waals surface area contributed by atoms with Crippen LogP contribution in [0, 0.1) is 17.2 Å². The topological polar surface area (TPSA) is 33.6 Å². The van der Waals surface area contributed by atoms with Gasteiger partial charge in [-0.2, -0.15) is 44.8 Å². The Morgan fingerprint density at radius 3 is 1.46 bits per heavy atom. The highest BCUT2D eigenvalue weighted by molar-refractivity contribution is 6.22. The Bertz CT molecular complexity index is 3990. The fourth-order valence-corrected chi connectivity index (χ4v) is 10.9. The first-order valence-corrected chi connectivity index (χ1v) is 22.9. The van der Waals surface area contributed by atoms with Crippen LogP contribution >= 0.6 is 0 Å². The van der Waals surface area contributed by atoms with Gasteiger partial charge in [0.2, 0.25) is 0 Å². The number of nitriles is 1. The van der Waals surface area contributed by atoms with Crippen molar-refractivity contribution in [2.24, 2.45) is 5.92 Å². The number of nitrogens with zero attached hydrogens (tertiary/aromatic N) is 3. The van der Waals surface area contributed by atoms with Gasteiger partial charge in [-0.05, 0) is 93.7 Å². The third-order valence-electron chi connectivity index (χ3n) is 14.0. The Hall–Kier alpha value is -8.56. The van der Waals surface area contributed by atoms with E-state index in [0.717, 1.165) is 68.9 Å². The Morgan fingerprint density at radius 1 is 0.431 bits per heavy atom. The Balaban J connectivity index is 1.37. The number of rotatable bonds is 5. The minimum absolute atomic E-state index is 0.0507. The van der Waals surface area contributed by atoms with Crippen LogP contribution in [0.4, 0.5) is 39.5 Å². The van der Waals surface area contributed by atoms with E-state index in [1.807, 2.05) is 118 Å². The Labute approximate surface area is 404 Å². The number of benzene rings is 8. The van der Waals surface area contributed by atoms with Gasteiger partial charge in [-0.25, -0.2) is 0 Å². The molecule has 0 saturated heterocycles. The molecule has 0 spiro atoms. The lowest BCUT2D eigenvalue weighted by Gasteiger charge is -2.30. The monoisotopic (exact) mass is 967 g/mol. The molecule has 0 amide bonds. The van der Waals surface area contributed by atoms with Crippen LogP contribution in [0.5, 0.6) is 0 Å². The summed E-state index contributed by atoms with van der Waals surface area (Å²) >= 11 is 0. The molecule has 0 bridgehead atoms. The zero-order chi connectivity index (χ0) is 49.8. The number of aromatic nitrogens is 2. The summed E-state index contributed by atoms with van der Waals surface area (Å²) in [5.74, 6) is -0.234. The minimum atomic E-state index is -4.75. The highest BCUT2D eigenvalue weighted by Gasteiger charge is 2.38. The molecule has 2 aliphatic carbocycles. The van der Waals surface area contributed by atoms with Crippen LogP contribution < -0.4 is 0 Å². The lowest BCUT2D eigenvalue weighted by atomic mass is 9.78. The van der Waals surface area contributed by atoms with E-state index in [0.29, 0.717) is 22.2 Å². The van der Waals surface area contributed by atoms with Gasteiger partial charge in [0, 0.05) is 44.7 Å². The van der Waals surface area contributed by atoms with E-state index in [2.05, 4.69) is 18.2 Å². The van der Waals surface area contributed by atoms with Gasteiger partial charge in [0.1, 0.15) is 6.07 Å². The zero-order valence-corrected chi connectivity index (χ0v) is 37.4. The number of fused-ring (bicyclic) bond motifs is 10. The first-order chi connectivity index (χ1) is 34.6. The van der Waals surface area contributed by atoms with Crippen molar-refractivity contribution in [1.82, 2.24) is 9.13 Å². The maximum atomic E-state index is 14.6. The van der Waals surface area contributed by atoms with Crippen molar-refractivity contribution >= 4 is 49.6 Å². The molecule has 10 aromatic rings. The average Bonchev–Trinajstić information content (AvgIpc) is 3.90. The molecule has 12 heteroatoms. The first-order valence-electron chi connectivity index (χ1n) is 22.9. The van der Waals surface area contributed by atoms with Crippen LogP contribution in [0.2, 0.25) is 0 Å². The highest BCUT2D eigenvalue weighted by Crippen LogP contribution is 2.54. The summed E-state index contributed by atoms with van der Waals surface area (Å²) in [6.45, 7) is 0. The van der Waals surface area contributed by atoms with Crippen molar-refractivity contribution in [1.29, 1.82) is 5.26 Å². The lowest BCUT2D eigenvalue weighted by Crippen LogP contribution is -2.15. The molecule has 2 aliphatic rings. The molecule has 0 N–H and O–H groups in total. The molecule has 3 nitrogen and oxygen atoms in total. The van der Waals surface area contributed by atoms with E-state index < -0.39 is 35.2 Å². The Morgan fingerprint density at radius 2 is 0.903 bits per heavy atom. The van der Waals surface area contributed by atoms with Gasteiger partial charge in [0.15, 0.2) is 0 Å². The normalized spacial score (nSPS) is 15.7. The second kappa shape index (κ2) is 16.2. The summed E-state index contributed by atoms with van der Waals surface area (Å²) in [4.78, 5) is 0. The molecule has 2 unspecified atom stereocenters. The molecule has 2 aromatic heterocycles. The van der Waals surface area contributed by atoms with Crippen molar-refractivity contribution in [3.05, 3.63) is 222 Å². The summed E-state index contributed by atoms with van der Waals surface area (Å²) in [7, 11) is 0. The van der Waals surface area contributed by atoms with E-state index >= 15 is 0 Å². The summed E-state index contributed by atoms with van der Waals surface area (Å²) in [6, 6.07) is 42.1. The van der Waals surface area contributed by atoms with Crippen molar-refractivity contribution < 1.29 is 39.5 Å². The van der Waals surface area contributed by atoms with Gasteiger partial charge < -0.3 is 9.13 Å². The molecule has 12 rings (SSSR count). The predicted molar refractivity (Wildman–Crippen MR) is 265 cm³/mol. The fraction of sp³-hybridized carbons (Fsp3) is 0.0833. The predicted octanol–water partition coefficient (Wildman–Crippen LogP) is 17.7. The van der Waals surface area contributed by atoms with Crippen LogP contribution in [0.3, 0.4) is 0 Å². The van der Waals surface area contributed by atoms with Crippen molar-refractivity contribution in [2.75, 3.05) is 0 Å². The maximum Gasteiger partial charge on any atom is 0.416 e. The van der Waals surface area contributed by atoms with E-state index in [-0.39, 0.29) is 62.2 Å². The van der Waals surface area contributed by atoms with Crippen molar-refractivity contribution in [2.45, 2.75) is 24.4 Å². The van der Waals surface area contributed by atoms with E-state index in [4.69, 9.17) is 0 Å². The van der Waals surface area contributed by atoms with Crippen LogP contribution in [0.15, 0.2) is 188 Å². The largest absolute Gasteiger partial charge is 0.416 e. The SMILES string of the molecule is N#Cc1c(-c2ccc(C(F)(F)F)cc2)c(-n2c3c(c4ccccc42)C2C=CC=CC2C=C3)c(-c2ccc(C(F)(F)F)cc2)c(-n2c3ccccc3c3c4ccccc4ccc32)c1-c1ccc(C(F)(F)F)cc1. The fourth-order valence-electron chi connectivity index (χ4n) is 10.9. The first kappa shape index (κ1) is 44.6. The molecule has 72 heavy (non-hydrogen) atoms. The molecule has 2 atom stereocenters. The minimum Gasteiger partial charge on any atom is -0.308 e. The molecule has 0 radical (unpaired) electrons. The van der Waals surface area contributed by atoms with Gasteiger partial charge in [0.05, 0.1) is 55.9 Å². The van der Waals surface area contributed by atoms with E-state index in [1.165, 1.54) is 36.4 Å². The molecule has 8 aromatic carbocycles. The van der Waals surface area contributed by atoms with Gasteiger partial charge in [-0.3, -0.25) is 0 Å². The average molecular weight is 968 g/mol. The van der Waals surface area contributed by atoms with Gasteiger partial charge in [-0.15, -0.1) is 0 Å². The quantitative estimate of drug-likeness (QED) is 0.158. The third-order valence-corrected chi connectivity index (χ3v) is 14.0.